The van der Waals surface area contributed by atoms with Gasteiger partial charge in [0.25, 0.3) is 0 Å². The second kappa shape index (κ2) is 7.44. The lowest BCUT2D eigenvalue weighted by atomic mass is 10.2. The van der Waals surface area contributed by atoms with E-state index in [1.807, 2.05) is 0 Å². The number of carbonyl (C=O) groups is 1. The summed E-state index contributed by atoms with van der Waals surface area (Å²) in [5, 5.41) is 0. The number of hydrogen-bond donors (Lipinski definition) is 1. The highest BCUT2D eigenvalue weighted by molar-refractivity contribution is 5.67. The molecule has 0 radical (unpaired) electrons. The molecule has 2 N–H and O–H groups in total. The lowest BCUT2D eigenvalue weighted by molar-refractivity contribution is 0.208. The van der Waals surface area contributed by atoms with Crippen molar-refractivity contribution in [3.63, 3.8) is 0 Å². The maximum Gasteiger partial charge on any atom is 0.411 e. The molecule has 1 aromatic carbocycles. The van der Waals surface area contributed by atoms with Gasteiger partial charge in [-0.25, -0.2) is 18.6 Å². The molecule has 1 aromatic heterocycles. The number of aromatic nitrogens is 1. The van der Waals surface area contributed by atoms with Crippen molar-refractivity contribution in [2.75, 3.05) is 14.2 Å². The van der Waals surface area contributed by atoms with E-state index in [1.165, 1.54) is 32.5 Å². The molecule has 0 saturated heterocycles. The van der Waals surface area contributed by atoms with E-state index < -0.39 is 17.7 Å². The molecule has 0 fully saturated rings. The molecule has 128 valence electrons. The van der Waals surface area contributed by atoms with Crippen LogP contribution in [0.2, 0.25) is 0 Å². The van der Waals surface area contributed by atoms with Gasteiger partial charge in [0, 0.05) is 6.07 Å². The average Bonchev–Trinajstić information content (AvgIpc) is 2.55. The molecule has 0 spiro atoms. The van der Waals surface area contributed by atoms with Crippen LogP contribution in [0.3, 0.4) is 0 Å². The van der Waals surface area contributed by atoms with Gasteiger partial charge in [0.15, 0.2) is 23.1 Å². The fourth-order valence-corrected chi connectivity index (χ4v) is 1.88. The van der Waals surface area contributed by atoms with Gasteiger partial charge >= 0.3 is 6.09 Å². The Labute approximate surface area is 135 Å². The fraction of sp³-hybridized carbons (Fsp3) is 0.200. The van der Waals surface area contributed by atoms with Gasteiger partial charge in [0.1, 0.15) is 12.4 Å². The third-order valence-corrected chi connectivity index (χ3v) is 2.98. The molecule has 24 heavy (non-hydrogen) atoms. The highest BCUT2D eigenvalue weighted by Crippen LogP contribution is 2.32. The summed E-state index contributed by atoms with van der Waals surface area (Å²) in [5.41, 5.74) is 4.79. The van der Waals surface area contributed by atoms with Crippen LogP contribution < -0.4 is 24.7 Å². The van der Waals surface area contributed by atoms with E-state index in [2.05, 4.69) is 9.72 Å². The lowest BCUT2D eigenvalue weighted by Crippen LogP contribution is -2.17. The van der Waals surface area contributed by atoms with Crippen molar-refractivity contribution in [3.8, 4) is 23.1 Å². The molecule has 0 aliphatic heterocycles. The first-order valence-corrected chi connectivity index (χ1v) is 6.61. The Morgan fingerprint density at radius 3 is 2.50 bits per heavy atom. The largest absolute Gasteiger partial charge is 0.496 e. The third kappa shape index (κ3) is 3.80. The van der Waals surface area contributed by atoms with Crippen molar-refractivity contribution in [1.29, 1.82) is 0 Å². The van der Waals surface area contributed by atoms with Crippen LogP contribution in [0, 0.1) is 11.6 Å². The van der Waals surface area contributed by atoms with E-state index in [-0.39, 0.29) is 35.3 Å². The Balaban J connectivity index is 2.28. The second-order valence-corrected chi connectivity index (χ2v) is 4.43. The molecule has 0 saturated carbocycles. The summed E-state index contributed by atoms with van der Waals surface area (Å²) in [5.74, 6) is -1.84. The molecule has 7 nitrogen and oxygen atoms in total. The number of rotatable bonds is 6. The Morgan fingerprint density at radius 1 is 1.17 bits per heavy atom. The predicted molar refractivity (Wildman–Crippen MR) is 78.2 cm³/mol. The van der Waals surface area contributed by atoms with Crippen LogP contribution in [0.4, 0.5) is 13.6 Å². The standard InChI is InChI=1S/C15H14F2N2O5/c1-21-10-4-3-9(16)14(17)8(10)7-23-11-5-13(24-15(18)20)19-6-12(11)22-2/h3-6H,7H2,1-2H3,(H2,18,20). The van der Waals surface area contributed by atoms with Crippen LogP contribution in [-0.2, 0) is 6.61 Å². The van der Waals surface area contributed by atoms with Crippen molar-refractivity contribution < 1.29 is 32.5 Å². The van der Waals surface area contributed by atoms with Gasteiger partial charge in [0.2, 0.25) is 5.88 Å². The Bertz CT molecular complexity index is 755. The first kappa shape index (κ1) is 17.3. The van der Waals surface area contributed by atoms with Gasteiger partial charge in [-0.3, -0.25) is 0 Å². The Hall–Kier alpha value is -3.10. The van der Waals surface area contributed by atoms with Crippen molar-refractivity contribution in [3.05, 3.63) is 41.6 Å². The highest BCUT2D eigenvalue weighted by Gasteiger charge is 2.17. The van der Waals surface area contributed by atoms with Crippen LogP contribution in [0.5, 0.6) is 23.1 Å². The molecule has 0 atom stereocenters. The lowest BCUT2D eigenvalue weighted by Gasteiger charge is -2.14. The van der Waals surface area contributed by atoms with E-state index in [0.717, 1.165) is 6.07 Å². The van der Waals surface area contributed by atoms with Crippen molar-refractivity contribution >= 4 is 6.09 Å². The molecular formula is C15H14F2N2O5. The number of nitrogens with two attached hydrogens (primary N) is 1. The Kier molecular flexibility index (Phi) is 5.35. The molecular weight excluding hydrogens is 326 g/mol. The second-order valence-electron chi connectivity index (χ2n) is 4.43. The number of ether oxygens (including phenoxy) is 4. The Morgan fingerprint density at radius 2 is 1.88 bits per heavy atom. The first-order chi connectivity index (χ1) is 11.5. The van der Waals surface area contributed by atoms with Gasteiger partial charge in [-0.2, -0.15) is 0 Å². The van der Waals surface area contributed by atoms with Gasteiger partial charge in [-0.05, 0) is 12.1 Å². The smallest absolute Gasteiger partial charge is 0.411 e. The summed E-state index contributed by atoms with van der Waals surface area (Å²) in [6, 6.07) is 3.46. The number of benzene rings is 1. The van der Waals surface area contributed by atoms with Gasteiger partial charge < -0.3 is 24.7 Å². The van der Waals surface area contributed by atoms with Crippen LogP contribution in [0.15, 0.2) is 24.4 Å². The number of primary amides is 1. The number of hydrogen-bond acceptors (Lipinski definition) is 6. The fourth-order valence-electron chi connectivity index (χ4n) is 1.88. The molecule has 9 heteroatoms. The summed E-state index contributed by atoms with van der Waals surface area (Å²) in [4.78, 5) is 14.5. The van der Waals surface area contributed by atoms with Crippen LogP contribution in [0.25, 0.3) is 0 Å². The first-order valence-electron chi connectivity index (χ1n) is 6.61. The molecule has 0 aliphatic carbocycles. The minimum atomic E-state index is -1.09. The van der Waals surface area contributed by atoms with E-state index in [9.17, 15) is 13.6 Å². The number of methoxy groups -OCH3 is 2. The number of carbonyl (C=O) groups excluding carboxylic acids is 1. The van der Waals surface area contributed by atoms with Crippen LogP contribution in [0.1, 0.15) is 5.56 Å². The molecule has 0 bridgehead atoms. The minimum absolute atomic E-state index is 0.0921. The number of nitrogens with zero attached hydrogens (tertiary/aromatic N) is 1. The summed E-state index contributed by atoms with van der Waals surface area (Å²) in [7, 11) is 2.68. The normalized spacial score (nSPS) is 10.2. The number of amides is 1. The summed E-state index contributed by atoms with van der Waals surface area (Å²) in [6.45, 7) is -0.358. The maximum atomic E-state index is 13.9. The molecule has 1 amide bonds. The SMILES string of the molecule is COc1cnc(OC(N)=O)cc1OCc1c(OC)ccc(F)c1F. The zero-order valence-electron chi connectivity index (χ0n) is 12.8. The van der Waals surface area contributed by atoms with E-state index in [0.29, 0.717) is 0 Å². The highest BCUT2D eigenvalue weighted by atomic mass is 19.2. The zero-order chi connectivity index (χ0) is 17.7. The average molecular weight is 340 g/mol. The molecule has 2 aromatic rings. The summed E-state index contributed by atoms with van der Waals surface area (Å²) in [6.07, 6.45) is 0.170. The number of pyridine rings is 1. The quantitative estimate of drug-likeness (QED) is 0.868. The molecule has 0 unspecified atom stereocenters. The topological polar surface area (TPSA) is 92.9 Å². The monoisotopic (exact) mass is 340 g/mol. The summed E-state index contributed by atoms with van der Waals surface area (Å²) < 4.78 is 47.4. The zero-order valence-corrected chi connectivity index (χ0v) is 12.8. The summed E-state index contributed by atoms with van der Waals surface area (Å²) >= 11 is 0. The maximum absolute atomic E-state index is 13.9. The van der Waals surface area contributed by atoms with E-state index in [4.69, 9.17) is 19.9 Å². The van der Waals surface area contributed by atoms with E-state index in [1.54, 1.807) is 0 Å². The van der Waals surface area contributed by atoms with Crippen molar-refractivity contribution in [2.45, 2.75) is 6.61 Å². The van der Waals surface area contributed by atoms with Crippen LogP contribution >= 0.6 is 0 Å². The molecule has 0 aliphatic rings. The predicted octanol–water partition coefficient (Wildman–Crippen LogP) is 2.41. The third-order valence-electron chi connectivity index (χ3n) is 2.98. The molecule has 1 heterocycles. The minimum Gasteiger partial charge on any atom is -0.496 e. The van der Waals surface area contributed by atoms with Crippen LogP contribution in [-0.4, -0.2) is 25.3 Å². The van der Waals surface area contributed by atoms with Crippen molar-refractivity contribution in [1.82, 2.24) is 4.98 Å². The molecule has 2 rings (SSSR count). The van der Waals surface area contributed by atoms with Gasteiger partial charge in [-0.15, -0.1) is 0 Å². The van der Waals surface area contributed by atoms with E-state index >= 15 is 0 Å². The van der Waals surface area contributed by atoms with Gasteiger partial charge in [-0.1, -0.05) is 0 Å². The van der Waals surface area contributed by atoms with Crippen molar-refractivity contribution in [2.24, 2.45) is 5.73 Å². The number of halogens is 2. The van der Waals surface area contributed by atoms with Gasteiger partial charge in [0.05, 0.1) is 26.0 Å².